The predicted octanol–water partition coefficient (Wildman–Crippen LogP) is 4.01. The molecule has 0 aliphatic rings. The highest BCUT2D eigenvalue weighted by atomic mass is 32.2. The first-order valence-corrected chi connectivity index (χ1v) is 12.6. The van der Waals surface area contributed by atoms with Crippen molar-refractivity contribution in [3.05, 3.63) is 65.9 Å². The van der Waals surface area contributed by atoms with Gasteiger partial charge in [0.05, 0.1) is 11.6 Å². The average Bonchev–Trinajstić information content (AvgIpc) is 2.75. The van der Waals surface area contributed by atoms with Crippen molar-refractivity contribution in [1.82, 2.24) is 10.3 Å². The molecule has 160 valence electrons. The molecular weight excluding hydrogens is 416 g/mol. The fourth-order valence-corrected chi connectivity index (χ4v) is 4.87. The van der Waals surface area contributed by atoms with Crippen LogP contribution in [0.4, 0.5) is 0 Å². The summed E-state index contributed by atoms with van der Waals surface area (Å²) in [5.74, 6) is 1.93. The molecule has 3 atom stereocenters. The number of phenols is 1. The zero-order valence-electron chi connectivity index (χ0n) is 17.2. The summed E-state index contributed by atoms with van der Waals surface area (Å²) in [5, 5.41) is 24.7. The number of aromatic nitrogens is 1. The summed E-state index contributed by atoms with van der Waals surface area (Å²) in [6, 6.07) is 15.4. The molecule has 5 nitrogen and oxygen atoms in total. The van der Waals surface area contributed by atoms with Crippen molar-refractivity contribution in [2.75, 3.05) is 18.6 Å². The maximum absolute atomic E-state index is 11.7. The summed E-state index contributed by atoms with van der Waals surface area (Å²) >= 11 is 0.578. The molecule has 0 saturated carbocycles. The van der Waals surface area contributed by atoms with Gasteiger partial charge in [-0.3, -0.25) is 4.98 Å². The zero-order chi connectivity index (χ0) is 21.5. The van der Waals surface area contributed by atoms with E-state index in [0.717, 1.165) is 23.4 Å². The van der Waals surface area contributed by atoms with Crippen LogP contribution in [-0.4, -0.2) is 44.3 Å². The largest absolute Gasteiger partial charge is 0.612 e. The SMILES string of the molecule is CC(CCSCc1cnc2ccccc2c1)NCC(O)c1ccc(O)c([S+](C)[O-])c1. The maximum Gasteiger partial charge on any atom is 0.194 e. The lowest BCUT2D eigenvalue weighted by atomic mass is 10.1. The van der Waals surface area contributed by atoms with Crippen molar-refractivity contribution < 1.29 is 14.8 Å². The number of fused-ring (bicyclic) bond motifs is 1. The van der Waals surface area contributed by atoms with Crippen LogP contribution in [0.3, 0.4) is 0 Å². The lowest BCUT2D eigenvalue weighted by Gasteiger charge is -2.18. The minimum atomic E-state index is -1.30. The van der Waals surface area contributed by atoms with Gasteiger partial charge >= 0.3 is 0 Å². The number of aromatic hydroxyl groups is 1. The Morgan fingerprint density at radius 2 is 2.00 bits per heavy atom. The second-order valence-electron chi connectivity index (χ2n) is 7.38. The Kier molecular flexibility index (Phi) is 8.41. The van der Waals surface area contributed by atoms with E-state index in [1.165, 1.54) is 23.3 Å². The van der Waals surface area contributed by atoms with Gasteiger partial charge < -0.3 is 20.1 Å². The molecular formula is C23H28N2O3S2. The first-order chi connectivity index (χ1) is 14.4. The number of para-hydroxylation sites is 1. The number of hydrogen-bond acceptors (Lipinski definition) is 6. The number of aliphatic hydroxyl groups excluding tert-OH is 1. The Bertz CT molecular complexity index is 968. The van der Waals surface area contributed by atoms with Crippen LogP contribution in [0.25, 0.3) is 10.9 Å². The molecule has 0 aliphatic carbocycles. The highest BCUT2D eigenvalue weighted by Crippen LogP contribution is 2.26. The third-order valence-electron chi connectivity index (χ3n) is 4.95. The smallest absolute Gasteiger partial charge is 0.194 e. The van der Waals surface area contributed by atoms with Crippen LogP contribution in [-0.2, 0) is 16.9 Å². The average molecular weight is 445 g/mol. The highest BCUT2D eigenvalue weighted by molar-refractivity contribution is 7.98. The van der Waals surface area contributed by atoms with Crippen molar-refractivity contribution in [3.63, 3.8) is 0 Å². The van der Waals surface area contributed by atoms with E-state index in [9.17, 15) is 14.8 Å². The Labute approximate surface area is 185 Å². The predicted molar refractivity (Wildman–Crippen MR) is 125 cm³/mol. The first kappa shape index (κ1) is 22.9. The summed E-state index contributed by atoms with van der Waals surface area (Å²) in [5.41, 5.74) is 2.90. The van der Waals surface area contributed by atoms with Crippen LogP contribution in [0.15, 0.2) is 59.6 Å². The van der Waals surface area contributed by atoms with E-state index in [4.69, 9.17) is 0 Å². The molecule has 7 heteroatoms. The Balaban J connectivity index is 1.40. The van der Waals surface area contributed by atoms with Gasteiger partial charge in [0, 0.05) is 36.0 Å². The minimum absolute atomic E-state index is 0.00764. The number of rotatable bonds is 10. The molecule has 0 fully saturated rings. The van der Waals surface area contributed by atoms with Crippen molar-refractivity contribution in [3.8, 4) is 5.75 Å². The lowest BCUT2D eigenvalue weighted by Crippen LogP contribution is -2.30. The van der Waals surface area contributed by atoms with Gasteiger partial charge in [0.25, 0.3) is 0 Å². The molecule has 1 heterocycles. The molecule has 1 aromatic heterocycles. The fourth-order valence-electron chi connectivity index (χ4n) is 3.15. The van der Waals surface area contributed by atoms with Gasteiger partial charge in [-0.1, -0.05) is 24.3 Å². The van der Waals surface area contributed by atoms with Crippen molar-refractivity contribution in [1.29, 1.82) is 0 Å². The lowest BCUT2D eigenvalue weighted by molar-refractivity contribution is 0.170. The zero-order valence-corrected chi connectivity index (χ0v) is 18.9. The summed E-state index contributed by atoms with van der Waals surface area (Å²) in [7, 11) is 0. The van der Waals surface area contributed by atoms with E-state index in [-0.39, 0.29) is 11.8 Å². The van der Waals surface area contributed by atoms with E-state index in [1.807, 2.05) is 36.2 Å². The molecule has 30 heavy (non-hydrogen) atoms. The second kappa shape index (κ2) is 11.0. The minimum Gasteiger partial charge on any atom is -0.612 e. The van der Waals surface area contributed by atoms with Crippen LogP contribution in [0.5, 0.6) is 5.75 Å². The topological polar surface area (TPSA) is 88.4 Å². The standard InChI is InChI=1S/C23H28N2O3S2/c1-16(24-14-22(27)19-7-8-21(26)23(12-19)30(2)28)9-10-29-15-17-11-18-5-3-4-6-20(18)25-13-17/h3-8,11-13,16,22,24,26-27H,9-10,14-15H2,1-2H3. The Morgan fingerprint density at radius 3 is 2.80 bits per heavy atom. The molecule has 0 spiro atoms. The number of benzene rings is 2. The number of nitrogens with one attached hydrogen (secondary N) is 1. The Hall–Kier alpha value is -1.77. The van der Waals surface area contributed by atoms with Gasteiger partial charge in [-0.05, 0) is 59.6 Å². The van der Waals surface area contributed by atoms with E-state index < -0.39 is 17.3 Å². The van der Waals surface area contributed by atoms with Crippen molar-refractivity contribution in [2.24, 2.45) is 0 Å². The molecule has 0 radical (unpaired) electrons. The summed E-state index contributed by atoms with van der Waals surface area (Å²) in [6.07, 6.45) is 3.73. The highest BCUT2D eigenvalue weighted by Gasteiger charge is 2.16. The molecule has 3 rings (SSSR count). The van der Waals surface area contributed by atoms with Gasteiger partial charge in [0.1, 0.15) is 6.26 Å². The quantitative estimate of drug-likeness (QED) is 0.323. The normalized spacial score (nSPS) is 14.5. The van der Waals surface area contributed by atoms with E-state index in [0.29, 0.717) is 17.0 Å². The maximum atomic E-state index is 11.7. The van der Waals surface area contributed by atoms with E-state index in [2.05, 4.69) is 29.4 Å². The third kappa shape index (κ3) is 6.36. The first-order valence-electron chi connectivity index (χ1n) is 9.93. The number of phenolic OH excluding ortho intramolecular Hbond substituents is 1. The molecule has 3 aromatic rings. The third-order valence-corrected chi connectivity index (χ3v) is 6.96. The van der Waals surface area contributed by atoms with E-state index in [1.54, 1.807) is 12.1 Å². The van der Waals surface area contributed by atoms with E-state index >= 15 is 0 Å². The number of aliphatic hydroxyl groups is 1. The van der Waals surface area contributed by atoms with Crippen molar-refractivity contribution in [2.45, 2.75) is 36.1 Å². The van der Waals surface area contributed by atoms with Gasteiger partial charge in [-0.2, -0.15) is 11.8 Å². The number of pyridine rings is 1. The summed E-state index contributed by atoms with van der Waals surface area (Å²) in [4.78, 5) is 4.85. The number of thioether (sulfide) groups is 1. The second-order valence-corrected chi connectivity index (χ2v) is 9.84. The fraction of sp³-hybridized carbons (Fsp3) is 0.348. The summed E-state index contributed by atoms with van der Waals surface area (Å²) in [6.45, 7) is 2.51. The summed E-state index contributed by atoms with van der Waals surface area (Å²) < 4.78 is 11.7. The molecule has 0 saturated heterocycles. The molecule has 0 aliphatic heterocycles. The number of nitrogens with zero attached hydrogens (tertiary/aromatic N) is 1. The van der Waals surface area contributed by atoms with Crippen LogP contribution in [0.1, 0.15) is 30.6 Å². The van der Waals surface area contributed by atoms with Crippen molar-refractivity contribution >= 4 is 33.8 Å². The van der Waals surface area contributed by atoms with Gasteiger partial charge in [0.15, 0.2) is 10.6 Å². The molecule has 3 unspecified atom stereocenters. The van der Waals surface area contributed by atoms with Crippen LogP contribution < -0.4 is 5.32 Å². The Morgan fingerprint density at radius 1 is 1.20 bits per heavy atom. The van der Waals surface area contributed by atoms with Gasteiger partial charge in [-0.15, -0.1) is 0 Å². The van der Waals surface area contributed by atoms with Crippen LogP contribution >= 0.6 is 11.8 Å². The monoisotopic (exact) mass is 444 g/mol. The molecule has 3 N–H and O–H groups in total. The van der Waals surface area contributed by atoms with Crippen LogP contribution in [0.2, 0.25) is 0 Å². The molecule has 0 bridgehead atoms. The van der Waals surface area contributed by atoms with Gasteiger partial charge in [0.2, 0.25) is 0 Å². The molecule has 0 amide bonds. The van der Waals surface area contributed by atoms with Crippen LogP contribution in [0, 0.1) is 0 Å². The molecule has 2 aromatic carbocycles. The van der Waals surface area contributed by atoms with Gasteiger partial charge in [-0.25, -0.2) is 0 Å². The number of hydrogen-bond donors (Lipinski definition) is 3.